The summed E-state index contributed by atoms with van der Waals surface area (Å²) in [6.45, 7) is 30.0. The molecule has 18 nitrogen and oxygen atoms in total. The average Bonchev–Trinajstić information content (AvgIpc) is 3.99. The Morgan fingerprint density at radius 1 is 0.565 bits per heavy atom. The Kier molecular flexibility index (Phi) is 22.2. The van der Waals surface area contributed by atoms with Crippen molar-refractivity contribution in [2.24, 2.45) is 0 Å². The van der Waals surface area contributed by atoms with Gasteiger partial charge >= 0.3 is 30.6 Å². The molecule has 2 amide bonds. The number of carbonyl (C=O) groups excluding carboxylic acids is 5. The first-order valence-electron chi connectivity index (χ1n) is 23.0. The van der Waals surface area contributed by atoms with Gasteiger partial charge in [-0.15, -0.1) is 0 Å². The first kappa shape index (κ1) is 59.0. The van der Waals surface area contributed by atoms with Crippen LogP contribution in [0, 0.1) is 0 Å². The third-order valence-corrected chi connectivity index (χ3v) is 8.37. The van der Waals surface area contributed by atoms with Gasteiger partial charge < -0.3 is 57.4 Å². The van der Waals surface area contributed by atoms with Gasteiger partial charge in [0.15, 0.2) is 0 Å². The highest BCUT2D eigenvalue weighted by molar-refractivity contribution is 5.93. The molecule has 0 unspecified atom stereocenters. The first-order valence-corrected chi connectivity index (χ1v) is 23.0. The number of amides is 2. The third kappa shape index (κ3) is 24.6. The van der Waals surface area contributed by atoms with Crippen LogP contribution < -0.4 is 9.47 Å². The van der Waals surface area contributed by atoms with Crippen molar-refractivity contribution in [3.05, 3.63) is 60.9 Å². The maximum atomic E-state index is 12.5. The number of hydrogen-bond acceptors (Lipinski definition) is 14. The van der Waals surface area contributed by atoms with Gasteiger partial charge in [0, 0.05) is 50.5 Å². The van der Waals surface area contributed by atoms with Crippen LogP contribution >= 0.6 is 0 Å². The minimum absolute atomic E-state index is 0.258. The average molecular weight is 971 g/mol. The number of rotatable bonds is 8. The second-order valence-corrected chi connectivity index (χ2v) is 20.9. The molecule has 0 atom stereocenters. The lowest BCUT2D eigenvalue weighted by molar-refractivity contribution is -0.0295. The molecule has 1 aliphatic heterocycles. The van der Waals surface area contributed by atoms with Crippen molar-refractivity contribution in [3.8, 4) is 11.5 Å². The lowest BCUT2D eigenvalue weighted by atomic mass is 10.2. The van der Waals surface area contributed by atoms with Crippen LogP contribution in [0.15, 0.2) is 60.9 Å². The molecule has 1 N–H and O–H groups in total. The van der Waals surface area contributed by atoms with E-state index in [-0.39, 0.29) is 12.7 Å². The van der Waals surface area contributed by atoms with Crippen LogP contribution in [0.3, 0.4) is 0 Å². The highest BCUT2D eigenvalue weighted by atomic mass is 16.8. The normalized spacial score (nSPS) is 12.7. The van der Waals surface area contributed by atoms with Crippen molar-refractivity contribution in [3.63, 3.8) is 0 Å². The highest BCUT2D eigenvalue weighted by Gasteiger charge is 2.25. The molecule has 4 aromatic rings. The van der Waals surface area contributed by atoms with Gasteiger partial charge in [-0.05, 0) is 141 Å². The molecule has 69 heavy (non-hydrogen) atoms. The summed E-state index contributed by atoms with van der Waals surface area (Å²) in [6, 6.07) is 15.2. The number of carbonyl (C=O) groups is 5. The van der Waals surface area contributed by atoms with Crippen molar-refractivity contribution in [1.82, 2.24) is 19.4 Å². The van der Waals surface area contributed by atoms with Crippen LogP contribution in [0.4, 0.5) is 24.0 Å². The maximum Gasteiger partial charge on any atom is 0.519 e. The number of aromatic amines is 1. The van der Waals surface area contributed by atoms with E-state index in [1.54, 1.807) is 67.9 Å². The number of fused-ring (bicyclic) bond motifs is 2. The summed E-state index contributed by atoms with van der Waals surface area (Å²) in [5.74, 6) is 1.33. The molecule has 0 radical (unpaired) electrons. The number of benzene rings is 2. The summed E-state index contributed by atoms with van der Waals surface area (Å²) in [4.78, 5) is 64.5. The summed E-state index contributed by atoms with van der Waals surface area (Å²) in [6.07, 6.45) is 2.76. The monoisotopic (exact) mass is 971 g/mol. The SMILES string of the molecule is C1CCOC1.CC(C)(C)OC(=O)OC(=O)OC(C)(C)C.CN(CCOc1cccc2cc[nH]c12)C(=O)OC(C)(C)C.CN(CCOc1cccc2ccn(C(=O)OC(C)(C)C)c12)C(=O)OC(C)(C)C. The zero-order chi connectivity index (χ0) is 52.4. The summed E-state index contributed by atoms with van der Waals surface area (Å²) >= 11 is 0. The number of H-pyrrole nitrogens is 1. The molecule has 1 aliphatic rings. The molecule has 3 heterocycles. The molecule has 0 aliphatic carbocycles. The van der Waals surface area contributed by atoms with Gasteiger partial charge in [0.05, 0.1) is 18.6 Å². The summed E-state index contributed by atoms with van der Waals surface area (Å²) < 4.78 is 47.9. The number of nitrogens with one attached hydrogen (secondary N) is 1. The summed E-state index contributed by atoms with van der Waals surface area (Å²) in [5.41, 5.74) is -1.42. The molecule has 2 aromatic heterocycles. The van der Waals surface area contributed by atoms with E-state index in [0.29, 0.717) is 31.0 Å². The van der Waals surface area contributed by atoms with Gasteiger partial charge in [-0.2, -0.15) is 0 Å². The van der Waals surface area contributed by atoms with Crippen LogP contribution in [0.2, 0.25) is 0 Å². The predicted octanol–water partition coefficient (Wildman–Crippen LogP) is 11.8. The number of ether oxygens (including phenoxy) is 9. The molecular formula is C51H78N4O14. The van der Waals surface area contributed by atoms with Gasteiger partial charge in [0.2, 0.25) is 0 Å². The van der Waals surface area contributed by atoms with Gasteiger partial charge in [-0.3, -0.25) is 0 Å². The van der Waals surface area contributed by atoms with Gasteiger partial charge in [0.25, 0.3) is 0 Å². The predicted molar refractivity (Wildman–Crippen MR) is 264 cm³/mol. The van der Waals surface area contributed by atoms with E-state index in [1.807, 2.05) is 111 Å². The minimum Gasteiger partial charge on any atom is -0.490 e. The fraction of sp³-hybridized carbons (Fsp3) is 0.588. The standard InChI is InChI=1S/C21H30N2O5.C16H22N2O3.C10H18O5.C4H8O/c1-20(2,3)27-18(24)22(7)13-14-26-16-10-8-9-15-11-12-23(17(15)16)19(25)28-21(4,5)6;1-16(2,3)21-15(19)18(4)10-11-20-13-7-5-6-12-8-9-17-14(12)13;1-9(2,3)14-7(11)13-8(12)15-10(4,5)6;1-2-4-5-3-1/h8-12H,13-14H2,1-7H3;5-9,17H,10-11H2,1-4H3;1-6H3;1-4H2. The Bertz CT molecular complexity index is 2210. The van der Waals surface area contributed by atoms with Crippen molar-refractivity contribution >= 4 is 52.4 Å². The Morgan fingerprint density at radius 2 is 1.00 bits per heavy atom. The van der Waals surface area contributed by atoms with E-state index >= 15 is 0 Å². The molecule has 18 heteroatoms. The number of aromatic nitrogens is 2. The largest absolute Gasteiger partial charge is 0.519 e. The molecule has 0 saturated carbocycles. The van der Waals surface area contributed by atoms with Crippen LogP contribution in [0.1, 0.15) is 117 Å². The zero-order valence-electron chi connectivity index (χ0n) is 44.0. The van der Waals surface area contributed by atoms with Gasteiger partial charge in [-0.1, -0.05) is 24.3 Å². The zero-order valence-corrected chi connectivity index (χ0v) is 44.0. The van der Waals surface area contributed by atoms with Crippen molar-refractivity contribution in [2.45, 2.75) is 145 Å². The topological polar surface area (TPSA) is 196 Å². The third-order valence-electron chi connectivity index (χ3n) is 8.37. The number of nitrogens with zero attached hydrogens (tertiary/aromatic N) is 3. The number of hydrogen-bond donors (Lipinski definition) is 1. The molecule has 0 bridgehead atoms. The van der Waals surface area contributed by atoms with Crippen molar-refractivity contribution < 1.29 is 66.6 Å². The Balaban J connectivity index is 0.000000351. The van der Waals surface area contributed by atoms with E-state index in [1.165, 1.54) is 27.2 Å². The second kappa shape index (κ2) is 26.0. The first-order chi connectivity index (χ1) is 31.7. The van der Waals surface area contributed by atoms with Crippen LogP contribution in [0.5, 0.6) is 11.5 Å². The Labute approximate surface area is 408 Å². The van der Waals surface area contributed by atoms with Crippen molar-refractivity contribution in [2.75, 3.05) is 53.6 Å². The molecule has 386 valence electrons. The van der Waals surface area contributed by atoms with E-state index in [0.717, 1.165) is 35.3 Å². The van der Waals surface area contributed by atoms with Gasteiger partial charge in [0.1, 0.15) is 58.2 Å². The fourth-order valence-electron chi connectivity index (χ4n) is 5.48. The molecule has 1 fully saturated rings. The molecule has 2 aromatic carbocycles. The van der Waals surface area contributed by atoms with Crippen LogP contribution in [-0.4, -0.2) is 132 Å². The highest BCUT2D eigenvalue weighted by Crippen LogP contribution is 2.28. The quantitative estimate of drug-likeness (QED) is 0.0994. The minimum atomic E-state index is -1.06. The summed E-state index contributed by atoms with van der Waals surface area (Å²) in [5, 5.41) is 1.97. The fourth-order valence-corrected chi connectivity index (χ4v) is 5.48. The van der Waals surface area contributed by atoms with Crippen LogP contribution in [0.25, 0.3) is 21.8 Å². The van der Waals surface area contributed by atoms with Crippen LogP contribution in [-0.2, 0) is 33.2 Å². The van der Waals surface area contributed by atoms with Crippen molar-refractivity contribution in [1.29, 1.82) is 0 Å². The molecule has 1 saturated heterocycles. The van der Waals surface area contributed by atoms with E-state index in [4.69, 9.17) is 37.9 Å². The maximum absolute atomic E-state index is 12.5. The molecule has 5 rings (SSSR count). The lowest BCUT2D eigenvalue weighted by Crippen LogP contribution is -2.36. The van der Waals surface area contributed by atoms with Gasteiger partial charge in [-0.25, -0.2) is 28.5 Å². The van der Waals surface area contributed by atoms with E-state index in [2.05, 4.69) is 9.72 Å². The van der Waals surface area contributed by atoms with E-state index in [9.17, 15) is 24.0 Å². The Morgan fingerprint density at radius 3 is 1.43 bits per heavy atom. The second-order valence-electron chi connectivity index (χ2n) is 20.9. The number of para-hydroxylation sites is 2. The van der Waals surface area contributed by atoms with E-state index < -0.39 is 52.5 Å². The summed E-state index contributed by atoms with van der Waals surface area (Å²) in [7, 11) is 3.36. The smallest absolute Gasteiger partial charge is 0.490 e. The molecule has 0 spiro atoms. The Hall–Kier alpha value is -6.17. The number of likely N-dealkylation sites (N-methyl/N-ethyl adjacent to an activating group) is 2. The molecular weight excluding hydrogens is 893 g/mol. The lowest BCUT2D eigenvalue weighted by Gasteiger charge is -2.24.